The van der Waals surface area contributed by atoms with Gasteiger partial charge < -0.3 is 14.1 Å². The van der Waals surface area contributed by atoms with Gasteiger partial charge in [-0.3, -0.25) is 14.3 Å². The summed E-state index contributed by atoms with van der Waals surface area (Å²) in [5.41, 5.74) is 0. The molecule has 0 spiro atoms. The van der Waals surface area contributed by atoms with Gasteiger partial charge in [0.15, 0.2) is 0 Å². The van der Waals surface area contributed by atoms with Crippen molar-refractivity contribution in [3.8, 4) is 0 Å². The van der Waals surface area contributed by atoms with Crippen LogP contribution in [0.5, 0.6) is 0 Å². The molecule has 0 rings (SSSR count). The average Bonchev–Trinajstić information content (AvgIpc) is 2.91. The molecule has 0 saturated heterocycles. The largest absolute Gasteiger partial charge is 0.472 e. The standard InChI is InChI=1S/C32H68NO7P/c1-5-6-7-8-9-10-11-12-13-14-15-16-17-18-19-20-21-22-23-24-25-26-28-37-30-32(40-34)31-39-41(35,36)38-29-27-33(2,3)4/h32H,5-31H2,1-4H3,(H-,34,35,36)/p+1. The summed E-state index contributed by atoms with van der Waals surface area (Å²) in [7, 11) is 1.69. The van der Waals surface area contributed by atoms with Crippen LogP contribution in [0.25, 0.3) is 0 Å². The van der Waals surface area contributed by atoms with Crippen LogP contribution in [0.3, 0.4) is 0 Å². The number of ether oxygens (including phenoxy) is 1. The zero-order valence-corrected chi connectivity index (χ0v) is 28.4. The van der Waals surface area contributed by atoms with E-state index in [2.05, 4.69) is 11.8 Å². The normalized spacial score (nSPS) is 14.4. The molecule has 0 aromatic rings. The van der Waals surface area contributed by atoms with Gasteiger partial charge in [0.2, 0.25) is 0 Å². The second-order valence-electron chi connectivity index (χ2n) is 12.8. The lowest BCUT2D eigenvalue weighted by molar-refractivity contribution is -0.870. The van der Waals surface area contributed by atoms with Crippen LogP contribution in [0.4, 0.5) is 0 Å². The first kappa shape index (κ1) is 41.0. The van der Waals surface area contributed by atoms with E-state index in [1.54, 1.807) is 0 Å². The summed E-state index contributed by atoms with van der Waals surface area (Å²) < 4.78 is 28.0. The van der Waals surface area contributed by atoms with Gasteiger partial charge in [0.05, 0.1) is 34.4 Å². The van der Waals surface area contributed by atoms with Crippen LogP contribution in [0.2, 0.25) is 0 Å². The van der Waals surface area contributed by atoms with Crippen molar-refractivity contribution in [1.29, 1.82) is 0 Å². The number of hydrogen-bond acceptors (Lipinski definition) is 6. The van der Waals surface area contributed by atoms with Crippen LogP contribution in [-0.4, -0.2) is 74.9 Å². The van der Waals surface area contributed by atoms with E-state index in [0.29, 0.717) is 17.6 Å². The Labute approximate surface area is 254 Å². The van der Waals surface area contributed by atoms with Gasteiger partial charge in [0.25, 0.3) is 0 Å². The highest BCUT2D eigenvalue weighted by molar-refractivity contribution is 7.47. The first-order chi connectivity index (χ1) is 19.7. The summed E-state index contributed by atoms with van der Waals surface area (Å²) in [6.45, 7) is 3.32. The van der Waals surface area contributed by atoms with Gasteiger partial charge in [-0.15, -0.1) is 0 Å². The highest BCUT2D eigenvalue weighted by atomic mass is 31.2. The second kappa shape index (κ2) is 28.7. The van der Waals surface area contributed by atoms with Gasteiger partial charge in [-0.2, -0.15) is 0 Å². The van der Waals surface area contributed by atoms with Crippen molar-refractivity contribution in [2.75, 3.05) is 54.1 Å². The van der Waals surface area contributed by atoms with Crippen molar-refractivity contribution in [2.45, 2.75) is 154 Å². The van der Waals surface area contributed by atoms with E-state index >= 15 is 0 Å². The van der Waals surface area contributed by atoms with Gasteiger partial charge >= 0.3 is 7.82 Å². The Kier molecular flexibility index (Phi) is 28.7. The van der Waals surface area contributed by atoms with E-state index in [0.717, 1.165) is 12.8 Å². The second-order valence-corrected chi connectivity index (χ2v) is 14.3. The third-order valence-electron chi connectivity index (χ3n) is 7.54. The predicted molar refractivity (Wildman–Crippen MR) is 170 cm³/mol. The number of nitrogens with zero attached hydrogens (tertiary/aromatic N) is 1. The molecule has 0 aliphatic carbocycles. The minimum absolute atomic E-state index is 0.0919. The third kappa shape index (κ3) is 32.7. The third-order valence-corrected chi connectivity index (χ3v) is 8.52. The molecule has 0 aliphatic heterocycles. The highest BCUT2D eigenvalue weighted by Gasteiger charge is 2.25. The summed E-state index contributed by atoms with van der Waals surface area (Å²) in [4.78, 5) is 14.1. The molecule has 2 N–H and O–H groups in total. The van der Waals surface area contributed by atoms with E-state index < -0.39 is 13.9 Å². The Morgan fingerprint density at radius 2 is 0.976 bits per heavy atom. The lowest BCUT2D eigenvalue weighted by atomic mass is 10.0. The van der Waals surface area contributed by atoms with Gasteiger partial charge in [0.1, 0.15) is 19.3 Å². The zero-order valence-electron chi connectivity index (χ0n) is 27.5. The van der Waals surface area contributed by atoms with Crippen LogP contribution < -0.4 is 0 Å². The zero-order chi connectivity index (χ0) is 30.5. The Bertz CT molecular complexity index is 589. The predicted octanol–water partition coefficient (Wildman–Crippen LogP) is 9.30. The maximum absolute atomic E-state index is 11.9. The Morgan fingerprint density at radius 3 is 1.34 bits per heavy atom. The molecule has 0 aromatic carbocycles. The van der Waals surface area contributed by atoms with Crippen molar-refractivity contribution in [1.82, 2.24) is 0 Å². The Morgan fingerprint density at radius 1 is 0.585 bits per heavy atom. The SMILES string of the molecule is CCCCCCCCCCCCCCCCCCCCCCCCOCC(COP(=O)(O)OCC[N+](C)(C)C)OO. The van der Waals surface area contributed by atoms with Crippen LogP contribution in [-0.2, 0) is 23.2 Å². The minimum Gasteiger partial charge on any atom is -0.379 e. The molecule has 248 valence electrons. The molecule has 2 unspecified atom stereocenters. The summed E-state index contributed by atoms with van der Waals surface area (Å²) in [5.74, 6) is 0. The molecule has 2 atom stereocenters. The molecule has 0 saturated carbocycles. The topological polar surface area (TPSA) is 94.5 Å². The van der Waals surface area contributed by atoms with Gasteiger partial charge in [-0.1, -0.05) is 142 Å². The number of rotatable bonds is 33. The molecule has 0 aliphatic rings. The molecular formula is C32H69NO7P+. The van der Waals surface area contributed by atoms with Crippen LogP contribution >= 0.6 is 7.82 Å². The molecule has 9 heteroatoms. The van der Waals surface area contributed by atoms with Crippen LogP contribution in [0.15, 0.2) is 0 Å². The first-order valence-electron chi connectivity index (χ1n) is 17.0. The quantitative estimate of drug-likeness (QED) is 0.0251. The van der Waals surface area contributed by atoms with Crippen molar-refractivity contribution in [3.05, 3.63) is 0 Å². The van der Waals surface area contributed by atoms with Crippen molar-refractivity contribution >= 4 is 7.82 Å². The molecule has 0 heterocycles. The van der Waals surface area contributed by atoms with E-state index in [1.807, 2.05) is 21.1 Å². The molecule has 0 aromatic heterocycles. The van der Waals surface area contributed by atoms with E-state index in [9.17, 15) is 9.46 Å². The van der Waals surface area contributed by atoms with Gasteiger partial charge in [-0.05, 0) is 6.42 Å². The number of likely N-dealkylation sites (N-methyl/N-ethyl adjacent to an activating group) is 1. The monoisotopic (exact) mass is 610 g/mol. The maximum atomic E-state index is 11.9. The number of phosphoric acid groups is 1. The lowest BCUT2D eigenvalue weighted by Crippen LogP contribution is -2.37. The summed E-state index contributed by atoms with van der Waals surface area (Å²) in [6.07, 6.45) is 29.1. The fraction of sp³-hybridized carbons (Fsp3) is 1.00. The molecule has 0 amide bonds. The van der Waals surface area contributed by atoms with Gasteiger partial charge in [-0.25, -0.2) is 9.45 Å². The minimum atomic E-state index is -4.19. The van der Waals surface area contributed by atoms with Crippen LogP contribution in [0, 0.1) is 0 Å². The number of unbranched alkanes of at least 4 members (excludes halogenated alkanes) is 21. The number of hydrogen-bond donors (Lipinski definition) is 2. The molecule has 41 heavy (non-hydrogen) atoms. The van der Waals surface area contributed by atoms with Crippen molar-refractivity contribution in [2.24, 2.45) is 0 Å². The van der Waals surface area contributed by atoms with Crippen LogP contribution in [0.1, 0.15) is 148 Å². The van der Waals surface area contributed by atoms with E-state index in [4.69, 9.17) is 19.0 Å². The molecule has 8 nitrogen and oxygen atoms in total. The summed E-state index contributed by atoms with van der Waals surface area (Å²) in [6, 6.07) is 0. The Hall–Kier alpha value is -0.0500. The van der Waals surface area contributed by atoms with Crippen molar-refractivity contribution < 1.29 is 37.9 Å². The maximum Gasteiger partial charge on any atom is 0.472 e. The first-order valence-corrected chi connectivity index (χ1v) is 18.5. The molecule has 0 bridgehead atoms. The fourth-order valence-corrected chi connectivity index (χ4v) is 5.52. The van der Waals surface area contributed by atoms with E-state index in [1.165, 1.54) is 128 Å². The average molecular weight is 611 g/mol. The lowest BCUT2D eigenvalue weighted by Gasteiger charge is -2.24. The molecule has 0 fully saturated rings. The fourth-order valence-electron chi connectivity index (χ4n) is 4.78. The van der Waals surface area contributed by atoms with Gasteiger partial charge in [0, 0.05) is 6.61 Å². The molecular weight excluding hydrogens is 541 g/mol. The Balaban J connectivity index is 3.38. The van der Waals surface area contributed by atoms with E-state index in [-0.39, 0.29) is 19.8 Å². The molecule has 0 radical (unpaired) electrons. The summed E-state index contributed by atoms with van der Waals surface area (Å²) in [5, 5.41) is 9.01. The number of phosphoric ester groups is 1. The number of quaternary nitrogens is 1. The smallest absolute Gasteiger partial charge is 0.379 e. The summed E-state index contributed by atoms with van der Waals surface area (Å²) >= 11 is 0. The highest BCUT2D eigenvalue weighted by Crippen LogP contribution is 2.43. The van der Waals surface area contributed by atoms with Crippen molar-refractivity contribution in [3.63, 3.8) is 0 Å².